The third kappa shape index (κ3) is 3.11. The fourth-order valence-electron chi connectivity index (χ4n) is 1.63. The SMILES string of the molecule is CC(O)CNC(=O)C1=Cc2cc(Br)ccc2OC1. The van der Waals surface area contributed by atoms with Gasteiger partial charge in [-0.05, 0) is 31.2 Å². The number of amides is 1. The van der Waals surface area contributed by atoms with Gasteiger partial charge in [0.15, 0.2) is 0 Å². The second-order valence-electron chi connectivity index (χ2n) is 4.20. The molecule has 96 valence electrons. The minimum absolute atomic E-state index is 0.207. The summed E-state index contributed by atoms with van der Waals surface area (Å²) >= 11 is 3.38. The molecule has 5 heteroatoms. The van der Waals surface area contributed by atoms with E-state index in [1.54, 1.807) is 13.0 Å². The zero-order chi connectivity index (χ0) is 13.1. The molecular weight excluding hydrogens is 298 g/mol. The Morgan fingerprint density at radius 3 is 3.11 bits per heavy atom. The molecular formula is C13H14BrNO3. The summed E-state index contributed by atoms with van der Waals surface area (Å²) in [6, 6.07) is 5.65. The molecule has 0 aliphatic carbocycles. The maximum Gasteiger partial charge on any atom is 0.250 e. The van der Waals surface area contributed by atoms with Gasteiger partial charge >= 0.3 is 0 Å². The van der Waals surface area contributed by atoms with Gasteiger partial charge in [0.25, 0.3) is 5.91 Å². The number of carbonyl (C=O) groups is 1. The Balaban J connectivity index is 2.14. The van der Waals surface area contributed by atoms with E-state index in [1.807, 2.05) is 18.2 Å². The van der Waals surface area contributed by atoms with Crippen LogP contribution in [0.1, 0.15) is 12.5 Å². The van der Waals surface area contributed by atoms with Crippen LogP contribution in [0.4, 0.5) is 0 Å². The van der Waals surface area contributed by atoms with Crippen molar-refractivity contribution in [3.05, 3.63) is 33.8 Å². The summed E-state index contributed by atoms with van der Waals surface area (Å²) in [6.45, 7) is 2.11. The third-order valence-electron chi connectivity index (χ3n) is 2.53. The molecule has 1 aliphatic rings. The lowest BCUT2D eigenvalue weighted by Gasteiger charge is -2.18. The predicted octanol–water partition coefficient (Wildman–Crippen LogP) is 1.72. The van der Waals surface area contributed by atoms with Gasteiger partial charge < -0.3 is 15.2 Å². The predicted molar refractivity (Wildman–Crippen MR) is 72.3 cm³/mol. The first-order valence-corrected chi connectivity index (χ1v) is 6.45. The fourth-order valence-corrected chi connectivity index (χ4v) is 2.01. The molecule has 1 aromatic carbocycles. The Morgan fingerprint density at radius 2 is 2.39 bits per heavy atom. The number of hydrogen-bond donors (Lipinski definition) is 2. The molecule has 1 atom stereocenters. The molecule has 2 N–H and O–H groups in total. The number of ether oxygens (including phenoxy) is 1. The van der Waals surface area contributed by atoms with Crippen molar-refractivity contribution < 1.29 is 14.6 Å². The van der Waals surface area contributed by atoms with Gasteiger partial charge in [-0.2, -0.15) is 0 Å². The minimum atomic E-state index is -0.555. The Bertz CT molecular complexity index is 497. The summed E-state index contributed by atoms with van der Waals surface area (Å²) in [7, 11) is 0. The highest BCUT2D eigenvalue weighted by Crippen LogP contribution is 2.29. The first kappa shape index (κ1) is 13.1. The standard InChI is InChI=1S/C13H14BrNO3/c1-8(16)6-15-13(17)10-4-9-5-11(14)2-3-12(9)18-7-10/h2-5,8,16H,6-7H2,1H3,(H,15,17). The topological polar surface area (TPSA) is 58.6 Å². The van der Waals surface area contributed by atoms with E-state index in [1.165, 1.54) is 0 Å². The highest BCUT2D eigenvalue weighted by molar-refractivity contribution is 9.10. The second-order valence-corrected chi connectivity index (χ2v) is 5.12. The molecule has 18 heavy (non-hydrogen) atoms. The van der Waals surface area contributed by atoms with Crippen molar-refractivity contribution in [3.8, 4) is 5.75 Å². The monoisotopic (exact) mass is 311 g/mol. The summed E-state index contributed by atoms with van der Waals surface area (Å²) in [5.41, 5.74) is 1.43. The van der Waals surface area contributed by atoms with Gasteiger partial charge in [-0.15, -0.1) is 0 Å². The van der Waals surface area contributed by atoms with Crippen molar-refractivity contribution in [2.24, 2.45) is 0 Å². The van der Waals surface area contributed by atoms with Crippen LogP contribution in [0.25, 0.3) is 6.08 Å². The van der Waals surface area contributed by atoms with E-state index in [-0.39, 0.29) is 19.1 Å². The van der Waals surface area contributed by atoms with Gasteiger partial charge in [-0.3, -0.25) is 4.79 Å². The molecule has 4 nitrogen and oxygen atoms in total. The van der Waals surface area contributed by atoms with Gasteiger partial charge in [-0.1, -0.05) is 15.9 Å². The van der Waals surface area contributed by atoms with Crippen LogP contribution in [0.5, 0.6) is 5.75 Å². The number of aliphatic hydroxyl groups is 1. The average molecular weight is 312 g/mol. The van der Waals surface area contributed by atoms with E-state index >= 15 is 0 Å². The lowest BCUT2D eigenvalue weighted by Crippen LogP contribution is -2.33. The Hall–Kier alpha value is -1.33. The second kappa shape index (κ2) is 5.54. The highest BCUT2D eigenvalue weighted by Gasteiger charge is 2.17. The van der Waals surface area contributed by atoms with Crippen molar-refractivity contribution in [2.45, 2.75) is 13.0 Å². The van der Waals surface area contributed by atoms with E-state index in [4.69, 9.17) is 9.84 Å². The van der Waals surface area contributed by atoms with E-state index in [9.17, 15) is 4.79 Å². The number of benzene rings is 1. The molecule has 0 fully saturated rings. The number of carbonyl (C=O) groups excluding carboxylic acids is 1. The lowest BCUT2D eigenvalue weighted by molar-refractivity contribution is -0.118. The number of nitrogens with one attached hydrogen (secondary N) is 1. The van der Waals surface area contributed by atoms with Crippen molar-refractivity contribution in [1.29, 1.82) is 0 Å². The van der Waals surface area contributed by atoms with Crippen molar-refractivity contribution >= 4 is 27.9 Å². The maximum atomic E-state index is 11.8. The van der Waals surface area contributed by atoms with E-state index in [2.05, 4.69) is 21.2 Å². The average Bonchev–Trinajstić information content (AvgIpc) is 2.34. The molecule has 1 aromatic rings. The molecule has 1 amide bonds. The van der Waals surface area contributed by atoms with Crippen molar-refractivity contribution in [3.63, 3.8) is 0 Å². The van der Waals surface area contributed by atoms with Crippen molar-refractivity contribution in [1.82, 2.24) is 5.32 Å². The number of aliphatic hydroxyl groups excluding tert-OH is 1. The summed E-state index contributed by atoms with van der Waals surface area (Å²) in [4.78, 5) is 11.8. The van der Waals surface area contributed by atoms with Crippen LogP contribution in [-0.4, -0.2) is 30.3 Å². The van der Waals surface area contributed by atoms with Crippen LogP contribution in [0.15, 0.2) is 28.2 Å². The molecule has 0 saturated heterocycles. The molecule has 0 aromatic heterocycles. The Morgan fingerprint density at radius 1 is 1.61 bits per heavy atom. The number of hydrogen-bond acceptors (Lipinski definition) is 3. The quantitative estimate of drug-likeness (QED) is 0.893. The third-order valence-corrected chi connectivity index (χ3v) is 3.03. The first-order chi connectivity index (χ1) is 8.56. The van der Waals surface area contributed by atoms with Gasteiger partial charge in [-0.25, -0.2) is 0 Å². The number of fused-ring (bicyclic) bond motifs is 1. The van der Waals surface area contributed by atoms with Crippen LogP contribution >= 0.6 is 15.9 Å². The van der Waals surface area contributed by atoms with Gasteiger partial charge in [0.05, 0.1) is 11.7 Å². The molecule has 2 rings (SSSR count). The van der Waals surface area contributed by atoms with Gasteiger partial charge in [0, 0.05) is 16.6 Å². The smallest absolute Gasteiger partial charge is 0.250 e. The van der Waals surface area contributed by atoms with Crippen LogP contribution in [0, 0.1) is 0 Å². The summed E-state index contributed by atoms with van der Waals surface area (Å²) in [5, 5.41) is 11.8. The van der Waals surface area contributed by atoms with Crippen molar-refractivity contribution in [2.75, 3.05) is 13.2 Å². The molecule has 1 unspecified atom stereocenters. The maximum absolute atomic E-state index is 11.8. The highest BCUT2D eigenvalue weighted by atomic mass is 79.9. The van der Waals surface area contributed by atoms with E-state index in [0.717, 1.165) is 15.8 Å². The molecule has 0 radical (unpaired) electrons. The van der Waals surface area contributed by atoms with Gasteiger partial charge in [0.1, 0.15) is 12.4 Å². The van der Waals surface area contributed by atoms with Crippen LogP contribution in [0.2, 0.25) is 0 Å². The zero-order valence-corrected chi connectivity index (χ0v) is 11.5. The lowest BCUT2D eigenvalue weighted by atomic mass is 10.1. The number of halogens is 1. The zero-order valence-electron chi connectivity index (χ0n) is 9.94. The summed E-state index contributed by atoms with van der Waals surface area (Å²) in [5.74, 6) is 0.562. The largest absolute Gasteiger partial charge is 0.488 e. The fraction of sp³-hybridized carbons (Fsp3) is 0.308. The molecule has 0 saturated carbocycles. The molecule has 1 aliphatic heterocycles. The van der Waals surface area contributed by atoms with E-state index in [0.29, 0.717) is 5.57 Å². The summed E-state index contributed by atoms with van der Waals surface area (Å²) in [6.07, 6.45) is 1.25. The summed E-state index contributed by atoms with van der Waals surface area (Å²) < 4.78 is 6.44. The molecule has 0 bridgehead atoms. The molecule has 1 heterocycles. The first-order valence-electron chi connectivity index (χ1n) is 5.65. The van der Waals surface area contributed by atoms with Crippen LogP contribution in [-0.2, 0) is 4.79 Å². The van der Waals surface area contributed by atoms with Crippen LogP contribution < -0.4 is 10.1 Å². The van der Waals surface area contributed by atoms with Gasteiger partial charge in [0.2, 0.25) is 0 Å². The Kier molecular flexibility index (Phi) is 4.04. The Labute approximate surface area is 114 Å². The number of rotatable bonds is 3. The molecule has 0 spiro atoms. The minimum Gasteiger partial charge on any atom is -0.488 e. The van der Waals surface area contributed by atoms with E-state index < -0.39 is 6.10 Å². The normalized spacial score (nSPS) is 15.2. The van der Waals surface area contributed by atoms with Crippen LogP contribution in [0.3, 0.4) is 0 Å².